The van der Waals surface area contributed by atoms with E-state index in [0.29, 0.717) is 0 Å². The molecule has 3 aromatic carbocycles. The van der Waals surface area contributed by atoms with E-state index in [1.54, 1.807) is 12.3 Å². The molecule has 43 heavy (non-hydrogen) atoms. The minimum Gasteiger partial charge on any atom is -0.507 e. The summed E-state index contributed by atoms with van der Waals surface area (Å²) in [7, 11) is 2.03. The topological polar surface area (TPSA) is 65.4 Å². The highest BCUT2D eigenvalue weighted by Crippen LogP contribution is 2.51. The largest absolute Gasteiger partial charge is 0.507 e. The van der Waals surface area contributed by atoms with Gasteiger partial charge in [-0.25, -0.2) is 9.97 Å². The summed E-state index contributed by atoms with van der Waals surface area (Å²) in [6, 6.07) is 36.6. The zero-order valence-electron chi connectivity index (χ0n) is 24.3. The second kappa shape index (κ2) is 10.4. The van der Waals surface area contributed by atoms with E-state index < -0.39 is 0 Å². The molecule has 0 amide bonds. The fourth-order valence-corrected chi connectivity index (χ4v) is 6.00. The number of pyridine rings is 3. The monoisotopic (exact) mass is 561 g/mol. The summed E-state index contributed by atoms with van der Waals surface area (Å²) < 4.78 is 0. The third kappa shape index (κ3) is 4.57. The molecule has 6 heteroatoms. The number of hydrogen-bond acceptors (Lipinski definition) is 6. The van der Waals surface area contributed by atoms with Gasteiger partial charge >= 0.3 is 0 Å². The molecule has 0 spiro atoms. The van der Waals surface area contributed by atoms with Crippen LogP contribution in [-0.2, 0) is 5.41 Å². The lowest BCUT2D eigenvalue weighted by molar-refractivity contribution is 0.476. The standard InChI is InChI=1S/C37H31N5O/c1-37(2)30-15-8-16-33(43)35(30)36-31(37)17-18-32(40-36)25-10-7-13-28(22-25)42(26-11-5-4-6-12-26)34-23-27(19-21-39-34)41(3)29-14-9-20-38-24-29/h4-24,43H,1-3H3. The molecule has 0 unspecified atom stereocenters. The number of nitrogens with zero attached hydrogens (tertiary/aromatic N) is 5. The van der Waals surface area contributed by atoms with Gasteiger partial charge in [0.05, 0.1) is 23.3 Å². The van der Waals surface area contributed by atoms with Crippen LogP contribution in [0.2, 0.25) is 0 Å². The summed E-state index contributed by atoms with van der Waals surface area (Å²) in [5, 5.41) is 10.8. The van der Waals surface area contributed by atoms with Gasteiger partial charge in [0.1, 0.15) is 11.6 Å². The molecule has 3 heterocycles. The Hall–Kier alpha value is -5.49. The third-order valence-corrected chi connectivity index (χ3v) is 8.31. The van der Waals surface area contributed by atoms with Crippen molar-refractivity contribution < 1.29 is 5.11 Å². The molecule has 1 aliphatic carbocycles. The molecule has 0 aliphatic heterocycles. The van der Waals surface area contributed by atoms with E-state index in [0.717, 1.165) is 62.2 Å². The highest BCUT2D eigenvalue weighted by atomic mass is 16.3. The lowest BCUT2D eigenvalue weighted by Crippen LogP contribution is -2.15. The molecule has 6 aromatic rings. The zero-order valence-corrected chi connectivity index (χ0v) is 24.3. The van der Waals surface area contributed by atoms with Crippen LogP contribution in [-0.4, -0.2) is 27.1 Å². The molecule has 0 saturated heterocycles. The predicted molar refractivity (Wildman–Crippen MR) is 174 cm³/mol. The summed E-state index contributed by atoms with van der Waals surface area (Å²) in [5.74, 6) is 1.05. The number of aromatic hydroxyl groups is 1. The molecule has 0 bridgehead atoms. The van der Waals surface area contributed by atoms with Crippen molar-refractivity contribution in [2.45, 2.75) is 19.3 Å². The summed E-state index contributed by atoms with van der Waals surface area (Å²) in [5.41, 5.74) is 9.42. The number of aromatic nitrogens is 3. The van der Waals surface area contributed by atoms with Gasteiger partial charge in [-0.05, 0) is 65.7 Å². The number of fused-ring (bicyclic) bond motifs is 3. The Kier molecular flexibility index (Phi) is 6.39. The van der Waals surface area contributed by atoms with Crippen LogP contribution in [0.25, 0.3) is 22.5 Å². The molecule has 0 saturated carbocycles. The predicted octanol–water partition coefficient (Wildman–Crippen LogP) is 8.79. The first-order chi connectivity index (χ1) is 20.9. The van der Waals surface area contributed by atoms with Gasteiger partial charge in [-0.3, -0.25) is 9.88 Å². The molecule has 0 radical (unpaired) electrons. The maximum atomic E-state index is 10.8. The van der Waals surface area contributed by atoms with Crippen molar-refractivity contribution in [3.8, 4) is 28.3 Å². The number of phenols is 1. The fraction of sp³-hybridized carbons (Fsp3) is 0.108. The third-order valence-electron chi connectivity index (χ3n) is 8.31. The lowest BCUT2D eigenvalue weighted by atomic mass is 9.83. The average molecular weight is 562 g/mol. The van der Waals surface area contributed by atoms with Gasteiger partial charge in [-0.15, -0.1) is 0 Å². The van der Waals surface area contributed by atoms with Crippen LogP contribution in [0.3, 0.4) is 0 Å². The molecular weight excluding hydrogens is 530 g/mol. The molecule has 6 nitrogen and oxygen atoms in total. The summed E-state index contributed by atoms with van der Waals surface area (Å²) in [4.78, 5) is 18.5. The minimum absolute atomic E-state index is 0.236. The van der Waals surface area contributed by atoms with E-state index in [9.17, 15) is 5.11 Å². The molecule has 7 rings (SSSR count). The van der Waals surface area contributed by atoms with E-state index in [-0.39, 0.29) is 11.2 Å². The Labute approximate surface area is 251 Å². The van der Waals surface area contributed by atoms with Gasteiger partial charge in [0.15, 0.2) is 0 Å². The number of phenolic OH excluding ortho intramolecular Hbond substituents is 1. The van der Waals surface area contributed by atoms with Gasteiger partial charge in [0.25, 0.3) is 0 Å². The molecular formula is C37H31N5O. The van der Waals surface area contributed by atoms with Crippen molar-refractivity contribution in [3.05, 3.63) is 139 Å². The zero-order chi connectivity index (χ0) is 29.6. The quantitative estimate of drug-likeness (QED) is 0.219. The Bertz CT molecular complexity index is 1940. The average Bonchev–Trinajstić information content (AvgIpc) is 3.28. The summed E-state index contributed by atoms with van der Waals surface area (Å²) in [6.45, 7) is 4.37. The van der Waals surface area contributed by atoms with Crippen molar-refractivity contribution in [1.29, 1.82) is 0 Å². The minimum atomic E-state index is -0.236. The van der Waals surface area contributed by atoms with Crippen molar-refractivity contribution >= 4 is 28.6 Å². The van der Waals surface area contributed by atoms with Crippen LogP contribution in [0, 0.1) is 0 Å². The van der Waals surface area contributed by atoms with Gasteiger partial charge < -0.3 is 10.0 Å². The van der Waals surface area contributed by atoms with Gasteiger partial charge in [-0.2, -0.15) is 0 Å². The SMILES string of the molecule is CN(c1cccnc1)c1ccnc(N(c2ccccc2)c2cccc(-c3ccc4c(n3)-c3c(O)cccc3C4(C)C)c2)c1. The molecule has 0 fully saturated rings. The molecule has 1 N–H and O–H groups in total. The summed E-state index contributed by atoms with van der Waals surface area (Å²) >= 11 is 0. The number of benzene rings is 3. The molecule has 0 atom stereocenters. The van der Waals surface area contributed by atoms with E-state index in [4.69, 9.17) is 9.97 Å². The van der Waals surface area contributed by atoms with E-state index >= 15 is 0 Å². The van der Waals surface area contributed by atoms with Crippen LogP contribution >= 0.6 is 0 Å². The van der Waals surface area contributed by atoms with Gasteiger partial charge in [-0.1, -0.05) is 62.4 Å². The molecule has 210 valence electrons. The maximum Gasteiger partial charge on any atom is 0.139 e. The van der Waals surface area contributed by atoms with Crippen molar-refractivity contribution in [2.75, 3.05) is 16.8 Å². The lowest BCUT2D eigenvalue weighted by Gasteiger charge is -2.26. The van der Waals surface area contributed by atoms with Crippen LogP contribution in [0.15, 0.2) is 128 Å². The maximum absolute atomic E-state index is 10.8. The van der Waals surface area contributed by atoms with Crippen molar-refractivity contribution in [1.82, 2.24) is 15.0 Å². The van der Waals surface area contributed by atoms with E-state index in [2.05, 4.69) is 89.3 Å². The van der Waals surface area contributed by atoms with Crippen molar-refractivity contribution in [2.24, 2.45) is 0 Å². The van der Waals surface area contributed by atoms with E-state index in [1.165, 1.54) is 0 Å². The van der Waals surface area contributed by atoms with Crippen LogP contribution in [0.4, 0.5) is 28.6 Å². The van der Waals surface area contributed by atoms with Crippen LogP contribution in [0.5, 0.6) is 5.75 Å². The van der Waals surface area contributed by atoms with E-state index in [1.807, 2.05) is 61.9 Å². The van der Waals surface area contributed by atoms with Gasteiger partial charge in [0.2, 0.25) is 0 Å². The number of rotatable bonds is 6. The van der Waals surface area contributed by atoms with Crippen LogP contribution < -0.4 is 9.80 Å². The first-order valence-electron chi connectivity index (χ1n) is 14.3. The number of anilines is 5. The molecule has 1 aliphatic rings. The first kappa shape index (κ1) is 26.4. The van der Waals surface area contributed by atoms with Gasteiger partial charge in [0, 0.05) is 59.1 Å². The highest BCUT2D eigenvalue weighted by Gasteiger charge is 2.38. The number of hydrogen-bond donors (Lipinski definition) is 1. The Morgan fingerprint density at radius 3 is 2.28 bits per heavy atom. The molecule has 3 aromatic heterocycles. The fourth-order valence-electron chi connectivity index (χ4n) is 6.00. The second-order valence-electron chi connectivity index (χ2n) is 11.3. The second-order valence-corrected chi connectivity index (χ2v) is 11.3. The normalized spacial score (nSPS) is 12.8. The first-order valence-corrected chi connectivity index (χ1v) is 14.3. The Morgan fingerprint density at radius 2 is 1.47 bits per heavy atom. The smallest absolute Gasteiger partial charge is 0.139 e. The van der Waals surface area contributed by atoms with Crippen molar-refractivity contribution in [3.63, 3.8) is 0 Å². The number of para-hydroxylation sites is 1. The highest BCUT2D eigenvalue weighted by molar-refractivity contribution is 5.85. The van der Waals surface area contributed by atoms with Crippen LogP contribution in [0.1, 0.15) is 25.0 Å². The summed E-state index contributed by atoms with van der Waals surface area (Å²) in [6.07, 6.45) is 5.46. The Morgan fingerprint density at radius 1 is 0.674 bits per heavy atom. The Balaban J connectivity index is 1.32.